The summed E-state index contributed by atoms with van der Waals surface area (Å²) in [5.74, 6) is 0. The molecule has 1 saturated heterocycles. The van der Waals surface area contributed by atoms with Gasteiger partial charge in [-0.25, -0.2) is 0 Å². The van der Waals surface area contributed by atoms with E-state index in [0.29, 0.717) is 18.6 Å². The van der Waals surface area contributed by atoms with Gasteiger partial charge in [0, 0.05) is 18.6 Å². The predicted molar refractivity (Wildman–Crippen MR) is 90.4 cm³/mol. The Morgan fingerprint density at radius 3 is 2.71 bits per heavy atom. The number of likely N-dealkylation sites (tertiary alicyclic amines) is 1. The summed E-state index contributed by atoms with van der Waals surface area (Å²) in [5, 5.41) is 2.62. The van der Waals surface area contributed by atoms with Gasteiger partial charge in [0.05, 0.1) is 0 Å². The summed E-state index contributed by atoms with van der Waals surface area (Å²) in [7, 11) is 0. The van der Waals surface area contributed by atoms with E-state index in [0.717, 1.165) is 0 Å². The molecule has 0 aromatic heterocycles. The highest BCUT2D eigenvalue weighted by Crippen LogP contribution is 2.29. The van der Waals surface area contributed by atoms with Gasteiger partial charge in [0.1, 0.15) is 0 Å². The lowest BCUT2D eigenvalue weighted by atomic mass is 9.99. The molecule has 2 N–H and O–H groups in total. The van der Waals surface area contributed by atoms with Crippen LogP contribution in [0.25, 0.3) is 10.8 Å². The minimum Gasteiger partial charge on any atom is -0.329 e. The van der Waals surface area contributed by atoms with E-state index in [1.165, 1.54) is 48.6 Å². The number of fused-ring (bicyclic) bond motifs is 1. The molecule has 21 heavy (non-hydrogen) atoms. The zero-order valence-corrected chi connectivity index (χ0v) is 13.0. The summed E-state index contributed by atoms with van der Waals surface area (Å²) >= 11 is 0. The molecule has 0 bridgehead atoms. The van der Waals surface area contributed by atoms with Crippen LogP contribution in [0.3, 0.4) is 0 Å². The van der Waals surface area contributed by atoms with Crippen LogP contribution in [-0.2, 0) is 0 Å². The Balaban J connectivity index is 1.92. The number of rotatable bonds is 3. The molecule has 0 saturated carbocycles. The zero-order chi connectivity index (χ0) is 14.7. The van der Waals surface area contributed by atoms with Crippen LogP contribution >= 0.6 is 0 Å². The molecular formula is C19H26N2. The fourth-order valence-electron chi connectivity index (χ4n) is 3.64. The van der Waals surface area contributed by atoms with Crippen molar-refractivity contribution in [1.29, 1.82) is 0 Å². The Hall–Kier alpha value is -1.38. The van der Waals surface area contributed by atoms with Crippen LogP contribution in [0.2, 0.25) is 0 Å². The molecule has 2 heteroatoms. The molecular weight excluding hydrogens is 256 g/mol. The molecule has 2 nitrogen and oxygen atoms in total. The molecule has 1 heterocycles. The summed E-state index contributed by atoms with van der Waals surface area (Å²) in [5.41, 5.74) is 7.52. The van der Waals surface area contributed by atoms with E-state index in [1.54, 1.807) is 0 Å². The van der Waals surface area contributed by atoms with Crippen molar-refractivity contribution in [3.8, 4) is 0 Å². The van der Waals surface area contributed by atoms with Crippen molar-refractivity contribution < 1.29 is 0 Å². The van der Waals surface area contributed by atoms with Gasteiger partial charge in [-0.15, -0.1) is 0 Å². The number of hydrogen-bond donors (Lipinski definition) is 1. The van der Waals surface area contributed by atoms with Crippen molar-refractivity contribution in [3.05, 3.63) is 48.0 Å². The molecule has 0 radical (unpaired) electrons. The molecule has 112 valence electrons. The van der Waals surface area contributed by atoms with E-state index in [4.69, 9.17) is 5.73 Å². The molecule has 2 aromatic carbocycles. The van der Waals surface area contributed by atoms with E-state index in [9.17, 15) is 0 Å². The number of hydrogen-bond acceptors (Lipinski definition) is 2. The van der Waals surface area contributed by atoms with Crippen molar-refractivity contribution in [3.63, 3.8) is 0 Å². The van der Waals surface area contributed by atoms with Gasteiger partial charge in [-0.3, -0.25) is 4.90 Å². The van der Waals surface area contributed by atoms with E-state index >= 15 is 0 Å². The van der Waals surface area contributed by atoms with E-state index in [-0.39, 0.29) is 0 Å². The molecule has 2 unspecified atom stereocenters. The molecule has 2 aromatic rings. The van der Waals surface area contributed by atoms with E-state index in [2.05, 4.69) is 54.3 Å². The highest BCUT2D eigenvalue weighted by atomic mass is 15.2. The average molecular weight is 282 g/mol. The zero-order valence-electron chi connectivity index (χ0n) is 13.0. The Kier molecular flexibility index (Phi) is 4.57. The Morgan fingerprint density at radius 1 is 1.10 bits per heavy atom. The SMILES string of the molecule is CC1CCCCCN1C(CN)c1ccc2ccccc2c1. The van der Waals surface area contributed by atoms with Crippen LogP contribution in [-0.4, -0.2) is 24.0 Å². The maximum absolute atomic E-state index is 6.15. The summed E-state index contributed by atoms with van der Waals surface area (Å²) < 4.78 is 0. The normalized spacial score (nSPS) is 22.1. The van der Waals surface area contributed by atoms with Crippen LogP contribution in [0.4, 0.5) is 0 Å². The lowest BCUT2D eigenvalue weighted by Gasteiger charge is -2.35. The predicted octanol–water partition coefficient (Wildman–Crippen LogP) is 4.10. The Bertz CT molecular complexity index is 593. The molecule has 0 aliphatic carbocycles. The topological polar surface area (TPSA) is 29.3 Å². The summed E-state index contributed by atoms with van der Waals surface area (Å²) in [6.07, 6.45) is 5.31. The van der Waals surface area contributed by atoms with Crippen molar-refractivity contribution in [2.45, 2.75) is 44.7 Å². The fraction of sp³-hybridized carbons (Fsp3) is 0.474. The molecule has 1 fully saturated rings. The van der Waals surface area contributed by atoms with Crippen LogP contribution in [0.1, 0.15) is 44.2 Å². The molecule has 2 atom stereocenters. The lowest BCUT2D eigenvalue weighted by Crippen LogP contribution is -2.39. The summed E-state index contributed by atoms with van der Waals surface area (Å²) in [4.78, 5) is 2.62. The van der Waals surface area contributed by atoms with Crippen LogP contribution < -0.4 is 5.73 Å². The first kappa shape index (κ1) is 14.6. The second kappa shape index (κ2) is 6.59. The van der Waals surface area contributed by atoms with Gasteiger partial charge in [0.2, 0.25) is 0 Å². The first-order chi connectivity index (χ1) is 10.3. The number of benzene rings is 2. The minimum atomic E-state index is 0.350. The maximum atomic E-state index is 6.15. The average Bonchev–Trinajstić information content (AvgIpc) is 2.73. The second-order valence-corrected chi connectivity index (χ2v) is 6.29. The largest absolute Gasteiger partial charge is 0.329 e. The molecule has 1 aliphatic rings. The molecule has 0 spiro atoms. The van der Waals surface area contributed by atoms with Crippen molar-refractivity contribution in [2.75, 3.05) is 13.1 Å². The summed E-state index contributed by atoms with van der Waals surface area (Å²) in [6.45, 7) is 4.23. The standard InChI is InChI=1S/C19H26N2/c1-15-7-3-2-6-12-21(15)19(14-20)18-11-10-16-8-4-5-9-17(16)13-18/h4-5,8-11,13,15,19H,2-3,6-7,12,14,20H2,1H3. The van der Waals surface area contributed by atoms with E-state index < -0.39 is 0 Å². The third-order valence-corrected chi connectivity index (χ3v) is 4.89. The first-order valence-electron chi connectivity index (χ1n) is 8.24. The smallest absolute Gasteiger partial charge is 0.0473 e. The van der Waals surface area contributed by atoms with Gasteiger partial charge in [0.25, 0.3) is 0 Å². The Labute approximate surface area is 127 Å². The van der Waals surface area contributed by atoms with Gasteiger partial charge < -0.3 is 5.73 Å². The first-order valence-corrected chi connectivity index (χ1v) is 8.24. The minimum absolute atomic E-state index is 0.350. The molecule has 3 rings (SSSR count). The van der Waals surface area contributed by atoms with Crippen LogP contribution in [0.15, 0.2) is 42.5 Å². The Morgan fingerprint density at radius 2 is 1.90 bits per heavy atom. The number of nitrogens with zero attached hydrogens (tertiary/aromatic N) is 1. The quantitative estimate of drug-likeness (QED) is 0.918. The highest BCUT2D eigenvalue weighted by Gasteiger charge is 2.25. The third-order valence-electron chi connectivity index (χ3n) is 4.89. The molecule has 0 amide bonds. The van der Waals surface area contributed by atoms with Gasteiger partial charge in [-0.1, -0.05) is 49.2 Å². The van der Waals surface area contributed by atoms with Crippen molar-refractivity contribution in [1.82, 2.24) is 4.90 Å². The maximum Gasteiger partial charge on any atom is 0.0473 e. The molecule has 1 aliphatic heterocycles. The fourth-order valence-corrected chi connectivity index (χ4v) is 3.64. The highest BCUT2D eigenvalue weighted by molar-refractivity contribution is 5.83. The van der Waals surface area contributed by atoms with Crippen molar-refractivity contribution in [2.24, 2.45) is 5.73 Å². The summed E-state index contributed by atoms with van der Waals surface area (Å²) in [6, 6.07) is 16.4. The number of nitrogens with two attached hydrogens (primary N) is 1. The third kappa shape index (κ3) is 3.12. The second-order valence-electron chi connectivity index (χ2n) is 6.29. The van der Waals surface area contributed by atoms with Gasteiger partial charge in [-0.2, -0.15) is 0 Å². The van der Waals surface area contributed by atoms with Gasteiger partial charge >= 0.3 is 0 Å². The monoisotopic (exact) mass is 282 g/mol. The van der Waals surface area contributed by atoms with Gasteiger partial charge in [-0.05, 0) is 48.7 Å². The lowest BCUT2D eigenvalue weighted by molar-refractivity contribution is 0.151. The van der Waals surface area contributed by atoms with Gasteiger partial charge in [0.15, 0.2) is 0 Å². The van der Waals surface area contributed by atoms with Crippen molar-refractivity contribution >= 4 is 10.8 Å². The van der Waals surface area contributed by atoms with Crippen LogP contribution in [0.5, 0.6) is 0 Å². The van der Waals surface area contributed by atoms with Crippen LogP contribution in [0, 0.1) is 0 Å². The van der Waals surface area contributed by atoms with E-state index in [1.807, 2.05) is 0 Å².